The fourth-order valence-corrected chi connectivity index (χ4v) is 2.02. The van der Waals surface area contributed by atoms with Crippen LogP contribution >= 0.6 is 0 Å². The van der Waals surface area contributed by atoms with Crippen LogP contribution in [0.5, 0.6) is 0 Å². The summed E-state index contributed by atoms with van der Waals surface area (Å²) >= 11 is 0. The second kappa shape index (κ2) is 3.70. The molecule has 1 N–H and O–H groups in total. The number of aliphatic hydroxyl groups is 1. The van der Waals surface area contributed by atoms with Crippen LogP contribution < -0.4 is 0 Å². The highest BCUT2D eigenvalue weighted by Crippen LogP contribution is 2.40. The summed E-state index contributed by atoms with van der Waals surface area (Å²) in [7, 11) is 0. The van der Waals surface area contributed by atoms with Crippen LogP contribution in [0.1, 0.15) is 32.6 Å². The zero-order valence-corrected chi connectivity index (χ0v) is 8.20. The van der Waals surface area contributed by atoms with Crippen LogP contribution in [0, 0.1) is 11.8 Å². The van der Waals surface area contributed by atoms with Gasteiger partial charge in [0.05, 0.1) is 19.0 Å². The summed E-state index contributed by atoms with van der Waals surface area (Å²) in [5, 5.41) is 10.0. The first-order chi connectivity index (χ1) is 6.29. The summed E-state index contributed by atoms with van der Waals surface area (Å²) < 4.78 is 5.23. The average molecular weight is 182 g/mol. The molecule has 0 spiro atoms. The van der Waals surface area contributed by atoms with Crippen molar-refractivity contribution < 1.29 is 9.84 Å². The lowest BCUT2D eigenvalue weighted by molar-refractivity contribution is 0.117. The second-order valence-electron chi connectivity index (χ2n) is 4.31. The van der Waals surface area contributed by atoms with Crippen molar-refractivity contribution in [3.63, 3.8) is 0 Å². The van der Waals surface area contributed by atoms with Gasteiger partial charge in [-0.05, 0) is 43.1 Å². The lowest BCUT2D eigenvalue weighted by atomic mass is 9.91. The molecule has 1 aliphatic heterocycles. The van der Waals surface area contributed by atoms with E-state index in [1.54, 1.807) is 6.26 Å². The van der Waals surface area contributed by atoms with Gasteiger partial charge in [-0.2, -0.15) is 0 Å². The molecule has 0 aromatic rings. The van der Waals surface area contributed by atoms with Gasteiger partial charge < -0.3 is 9.84 Å². The lowest BCUT2D eigenvalue weighted by Gasteiger charge is -2.23. The molecular weight excluding hydrogens is 164 g/mol. The second-order valence-corrected chi connectivity index (χ2v) is 4.31. The molecule has 0 aromatic carbocycles. The fourth-order valence-electron chi connectivity index (χ4n) is 2.02. The van der Waals surface area contributed by atoms with E-state index in [1.165, 1.54) is 12.8 Å². The Balaban J connectivity index is 1.93. The number of ether oxygens (including phenoxy) is 1. The minimum Gasteiger partial charge on any atom is -0.501 e. The maximum Gasteiger partial charge on any atom is 0.0876 e. The highest BCUT2D eigenvalue weighted by Gasteiger charge is 2.34. The summed E-state index contributed by atoms with van der Waals surface area (Å²) in [4.78, 5) is 0. The van der Waals surface area contributed by atoms with Crippen LogP contribution in [0.4, 0.5) is 0 Å². The molecule has 0 radical (unpaired) electrons. The number of rotatable bonds is 3. The van der Waals surface area contributed by atoms with E-state index < -0.39 is 0 Å². The molecule has 2 rings (SSSR count). The average Bonchev–Trinajstić information content (AvgIpc) is 3.00. The summed E-state index contributed by atoms with van der Waals surface area (Å²) in [5.74, 6) is 1.19. The summed E-state index contributed by atoms with van der Waals surface area (Å²) in [5.41, 5.74) is 1.10. The Morgan fingerprint density at radius 3 is 2.85 bits per heavy atom. The van der Waals surface area contributed by atoms with Gasteiger partial charge in [-0.15, -0.1) is 0 Å². The molecule has 2 nitrogen and oxygen atoms in total. The molecule has 0 saturated heterocycles. The van der Waals surface area contributed by atoms with Crippen molar-refractivity contribution in [2.75, 3.05) is 6.61 Å². The van der Waals surface area contributed by atoms with Gasteiger partial charge in [0.15, 0.2) is 0 Å². The third-order valence-electron chi connectivity index (χ3n) is 3.21. The van der Waals surface area contributed by atoms with Crippen LogP contribution in [-0.2, 0) is 4.74 Å². The van der Waals surface area contributed by atoms with E-state index in [-0.39, 0.29) is 6.10 Å². The van der Waals surface area contributed by atoms with E-state index in [1.807, 2.05) is 0 Å². The Kier molecular flexibility index (Phi) is 2.58. The summed E-state index contributed by atoms with van der Waals surface area (Å²) in [6, 6.07) is 0. The highest BCUT2D eigenvalue weighted by atomic mass is 16.5. The smallest absolute Gasteiger partial charge is 0.0876 e. The van der Waals surface area contributed by atoms with Gasteiger partial charge in [0.25, 0.3) is 0 Å². The molecule has 13 heavy (non-hydrogen) atoms. The molecule has 0 amide bonds. The van der Waals surface area contributed by atoms with Gasteiger partial charge in [0, 0.05) is 0 Å². The van der Waals surface area contributed by atoms with Crippen molar-refractivity contribution in [3.05, 3.63) is 11.8 Å². The number of hydrogen-bond donors (Lipinski definition) is 1. The van der Waals surface area contributed by atoms with Crippen molar-refractivity contribution in [1.29, 1.82) is 0 Å². The normalized spacial score (nSPS) is 27.4. The van der Waals surface area contributed by atoms with Gasteiger partial charge in [0.2, 0.25) is 0 Å². The predicted octanol–water partition coefficient (Wildman–Crippen LogP) is 2.09. The molecule has 74 valence electrons. The Labute approximate surface area is 79.6 Å². The van der Waals surface area contributed by atoms with Crippen molar-refractivity contribution in [1.82, 2.24) is 0 Å². The third-order valence-corrected chi connectivity index (χ3v) is 3.21. The number of aliphatic hydroxyl groups excluding tert-OH is 1. The van der Waals surface area contributed by atoms with E-state index in [9.17, 15) is 5.11 Å². The molecule has 1 saturated carbocycles. The molecule has 1 fully saturated rings. The standard InChI is InChI=1S/C11H18O2/c1-8(9-4-5-9)11(12)10-3-2-6-13-7-10/h7-9,11-12H,2-6H2,1H3. The zero-order chi connectivity index (χ0) is 9.26. The Hall–Kier alpha value is -0.500. The van der Waals surface area contributed by atoms with Crippen LogP contribution in [0.2, 0.25) is 0 Å². The van der Waals surface area contributed by atoms with E-state index in [2.05, 4.69) is 6.92 Å². The van der Waals surface area contributed by atoms with Gasteiger partial charge in [-0.25, -0.2) is 0 Å². The molecule has 2 unspecified atom stereocenters. The van der Waals surface area contributed by atoms with Crippen LogP contribution in [0.15, 0.2) is 11.8 Å². The maximum absolute atomic E-state index is 10.0. The molecule has 2 atom stereocenters. The molecule has 1 heterocycles. The molecule has 0 aromatic heterocycles. The third kappa shape index (κ3) is 2.05. The highest BCUT2D eigenvalue weighted by molar-refractivity contribution is 5.09. The zero-order valence-electron chi connectivity index (χ0n) is 8.20. The largest absolute Gasteiger partial charge is 0.501 e. The van der Waals surface area contributed by atoms with E-state index in [4.69, 9.17) is 4.74 Å². The van der Waals surface area contributed by atoms with E-state index in [0.29, 0.717) is 5.92 Å². The van der Waals surface area contributed by atoms with Crippen molar-refractivity contribution in [2.24, 2.45) is 11.8 Å². The maximum atomic E-state index is 10.0. The Bertz CT molecular complexity index is 206. The quantitative estimate of drug-likeness (QED) is 0.724. The SMILES string of the molecule is CC(C1CC1)C(O)C1=COCCC1. The van der Waals surface area contributed by atoms with E-state index in [0.717, 1.165) is 30.9 Å². The fraction of sp³-hybridized carbons (Fsp3) is 0.818. The molecule has 0 bridgehead atoms. The molecular formula is C11H18O2. The minimum atomic E-state index is -0.257. The van der Waals surface area contributed by atoms with Crippen molar-refractivity contribution >= 4 is 0 Å². The van der Waals surface area contributed by atoms with Gasteiger partial charge in [-0.1, -0.05) is 6.92 Å². The Morgan fingerprint density at radius 1 is 1.54 bits per heavy atom. The first kappa shape index (κ1) is 9.07. The van der Waals surface area contributed by atoms with E-state index >= 15 is 0 Å². The van der Waals surface area contributed by atoms with Gasteiger partial charge in [-0.3, -0.25) is 0 Å². The van der Waals surface area contributed by atoms with Crippen LogP contribution in [0.25, 0.3) is 0 Å². The topological polar surface area (TPSA) is 29.5 Å². The molecule has 1 aliphatic carbocycles. The predicted molar refractivity (Wildman–Crippen MR) is 51.2 cm³/mol. The van der Waals surface area contributed by atoms with Gasteiger partial charge >= 0.3 is 0 Å². The van der Waals surface area contributed by atoms with Crippen LogP contribution in [-0.4, -0.2) is 17.8 Å². The summed E-state index contributed by atoms with van der Waals surface area (Å²) in [6.07, 6.45) is 6.18. The minimum absolute atomic E-state index is 0.257. The monoisotopic (exact) mass is 182 g/mol. The number of hydrogen-bond acceptors (Lipinski definition) is 2. The molecule has 2 heteroatoms. The van der Waals surface area contributed by atoms with Crippen LogP contribution in [0.3, 0.4) is 0 Å². The van der Waals surface area contributed by atoms with Crippen molar-refractivity contribution in [3.8, 4) is 0 Å². The first-order valence-corrected chi connectivity index (χ1v) is 5.27. The Morgan fingerprint density at radius 2 is 2.31 bits per heavy atom. The van der Waals surface area contributed by atoms with Gasteiger partial charge in [0.1, 0.15) is 0 Å². The van der Waals surface area contributed by atoms with Crippen molar-refractivity contribution in [2.45, 2.75) is 38.7 Å². The lowest BCUT2D eigenvalue weighted by Crippen LogP contribution is -2.23. The summed E-state index contributed by atoms with van der Waals surface area (Å²) in [6.45, 7) is 2.96. The first-order valence-electron chi connectivity index (χ1n) is 5.27. The molecule has 2 aliphatic rings.